The van der Waals surface area contributed by atoms with Gasteiger partial charge in [0.15, 0.2) is 5.78 Å². The molecule has 1 spiro atoms. The van der Waals surface area contributed by atoms with E-state index in [1.165, 1.54) is 0 Å². The molecule has 0 aliphatic heterocycles. The minimum atomic E-state index is -2.04. The van der Waals surface area contributed by atoms with E-state index in [9.17, 15) is 25.2 Å². The van der Waals surface area contributed by atoms with Crippen LogP contribution in [0.2, 0.25) is 0 Å². The number of fused-ring (bicyclic) bond motifs is 1. The van der Waals surface area contributed by atoms with Crippen LogP contribution >= 0.6 is 0 Å². The van der Waals surface area contributed by atoms with Crippen molar-refractivity contribution < 1.29 is 25.2 Å². The van der Waals surface area contributed by atoms with Crippen LogP contribution in [0, 0.1) is 29.1 Å². The Bertz CT molecular complexity index is 638. The van der Waals surface area contributed by atoms with E-state index >= 15 is 0 Å². The first kappa shape index (κ1) is 18.8. The maximum absolute atomic E-state index is 13.7. The maximum Gasteiger partial charge on any atom is 0.153 e. The van der Waals surface area contributed by atoms with Crippen LogP contribution in [0.1, 0.15) is 40.5 Å². The molecular formula is C20H30O5. The molecule has 8 atom stereocenters. The molecule has 7 unspecified atom stereocenters. The van der Waals surface area contributed by atoms with E-state index in [4.69, 9.17) is 0 Å². The summed E-state index contributed by atoms with van der Waals surface area (Å²) in [6.45, 7) is 7.29. The van der Waals surface area contributed by atoms with Crippen LogP contribution in [0.25, 0.3) is 0 Å². The Hall–Kier alpha value is -1.01. The summed E-state index contributed by atoms with van der Waals surface area (Å²) >= 11 is 0. The van der Waals surface area contributed by atoms with Gasteiger partial charge in [0.2, 0.25) is 0 Å². The molecule has 2 bridgehead atoms. The van der Waals surface area contributed by atoms with Crippen molar-refractivity contribution in [3.63, 3.8) is 0 Å². The van der Waals surface area contributed by atoms with Gasteiger partial charge in [-0.1, -0.05) is 39.3 Å². The molecule has 3 aliphatic rings. The van der Waals surface area contributed by atoms with E-state index in [-0.39, 0.29) is 23.2 Å². The average molecular weight is 350 g/mol. The molecule has 0 radical (unpaired) electrons. The molecule has 0 aromatic rings. The van der Waals surface area contributed by atoms with E-state index in [2.05, 4.69) is 6.92 Å². The lowest BCUT2D eigenvalue weighted by atomic mass is 9.59. The second-order valence-electron chi connectivity index (χ2n) is 8.34. The molecule has 0 heterocycles. The van der Waals surface area contributed by atoms with Crippen LogP contribution in [-0.2, 0) is 4.79 Å². The van der Waals surface area contributed by atoms with Gasteiger partial charge < -0.3 is 20.4 Å². The minimum Gasteiger partial charge on any atom is -0.392 e. The second-order valence-corrected chi connectivity index (χ2v) is 8.34. The SMILES string of the molecule is CCC1C[C@@H](C)C23C=C(C)C(O)C2(O)C(O)C(CO)=CC(C3=O)C1C. The number of rotatable bonds is 2. The Labute approximate surface area is 149 Å². The summed E-state index contributed by atoms with van der Waals surface area (Å²) < 4.78 is 0. The third-order valence-electron chi connectivity index (χ3n) is 7.29. The van der Waals surface area contributed by atoms with E-state index < -0.39 is 35.7 Å². The van der Waals surface area contributed by atoms with Gasteiger partial charge in [0.25, 0.3) is 0 Å². The Balaban J connectivity index is 2.32. The van der Waals surface area contributed by atoms with Gasteiger partial charge >= 0.3 is 0 Å². The van der Waals surface area contributed by atoms with Crippen LogP contribution in [0.4, 0.5) is 0 Å². The third-order valence-corrected chi connectivity index (χ3v) is 7.29. The first-order chi connectivity index (χ1) is 11.7. The monoisotopic (exact) mass is 350 g/mol. The van der Waals surface area contributed by atoms with Gasteiger partial charge in [-0.15, -0.1) is 0 Å². The minimum absolute atomic E-state index is 0.0434. The predicted octanol–water partition coefficient (Wildman–Crippen LogP) is 1.21. The maximum atomic E-state index is 13.7. The molecule has 4 N–H and O–H groups in total. The van der Waals surface area contributed by atoms with Crippen LogP contribution in [-0.4, -0.2) is 50.6 Å². The van der Waals surface area contributed by atoms with Crippen molar-refractivity contribution >= 4 is 5.78 Å². The summed E-state index contributed by atoms with van der Waals surface area (Å²) in [7, 11) is 0. The van der Waals surface area contributed by atoms with E-state index in [0.717, 1.165) is 12.8 Å². The van der Waals surface area contributed by atoms with Gasteiger partial charge in [-0.3, -0.25) is 4.79 Å². The smallest absolute Gasteiger partial charge is 0.153 e. The summed E-state index contributed by atoms with van der Waals surface area (Å²) in [5, 5.41) is 43.0. The molecule has 1 fully saturated rings. The Morgan fingerprint density at radius 1 is 1.24 bits per heavy atom. The first-order valence-corrected chi connectivity index (χ1v) is 9.30. The van der Waals surface area contributed by atoms with Crippen molar-refractivity contribution in [3.05, 3.63) is 23.3 Å². The number of hydrogen-bond donors (Lipinski definition) is 4. The number of Topliss-reactive ketones (excluding diaryl/α,β-unsaturated/α-hetero) is 1. The van der Waals surface area contributed by atoms with E-state index in [1.54, 1.807) is 19.1 Å². The number of aliphatic hydroxyl groups is 4. The fourth-order valence-electron chi connectivity index (χ4n) is 5.72. The lowest BCUT2D eigenvalue weighted by molar-refractivity contribution is -0.189. The standard InChI is InChI=1S/C20H30O5/c1-5-13-6-11(3)19-8-10(2)16(22)20(19,25)17(23)14(9-21)7-15(12(13)4)18(19)24/h7-8,11-13,15-17,21-23,25H,5-6,9H2,1-4H3/t11-,12?,13?,15?,16?,17?,19?,20?/m1/s1. The van der Waals surface area contributed by atoms with Crippen molar-refractivity contribution in [2.24, 2.45) is 29.1 Å². The highest BCUT2D eigenvalue weighted by Gasteiger charge is 2.70. The lowest BCUT2D eigenvalue weighted by Gasteiger charge is -2.47. The molecule has 5 heteroatoms. The molecule has 5 nitrogen and oxygen atoms in total. The molecule has 0 saturated heterocycles. The molecule has 3 rings (SSSR count). The van der Waals surface area contributed by atoms with Crippen LogP contribution in [0.15, 0.2) is 23.3 Å². The van der Waals surface area contributed by atoms with E-state index in [1.807, 2.05) is 13.8 Å². The van der Waals surface area contributed by atoms with Crippen LogP contribution < -0.4 is 0 Å². The van der Waals surface area contributed by atoms with Gasteiger partial charge in [0.05, 0.1) is 12.0 Å². The quantitative estimate of drug-likeness (QED) is 0.561. The van der Waals surface area contributed by atoms with Crippen molar-refractivity contribution in [3.8, 4) is 0 Å². The molecule has 0 amide bonds. The topological polar surface area (TPSA) is 98.0 Å². The normalized spacial score (nSPS) is 49.8. The number of aliphatic hydroxyl groups excluding tert-OH is 3. The summed E-state index contributed by atoms with van der Waals surface area (Å²) in [5.41, 5.74) is -2.66. The zero-order valence-corrected chi connectivity index (χ0v) is 15.4. The summed E-state index contributed by atoms with van der Waals surface area (Å²) in [4.78, 5) is 13.7. The zero-order valence-electron chi connectivity index (χ0n) is 15.4. The molecule has 140 valence electrons. The molecule has 1 saturated carbocycles. The highest BCUT2D eigenvalue weighted by atomic mass is 16.4. The Morgan fingerprint density at radius 2 is 1.88 bits per heavy atom. The van der Waals surface area contributed by atoms with Crippen molar-refractivity contribution in [2.75, 3.05) is 6.61 Å². The van der Waals surface area contributed by atoms with Crippen molar-refractivity contribution in [2.45, 2.75) is 58.3 Å². The van der Waals surface area contributed by atoms with Gasteiger partial charge in [-0.25, -0.2) is 0 Å². The predicted molar refractivity (Wildman–Crippen MR) is 93.5 cm³/mol. The van der Waals surface area contributed by atoms with Crippen molar-refractivity contribution in [1.82, 2.24) is 0 Å². The molecule has 0 aromatic carbocycles. The van der Waals surface area contributed by atoms with Crippen LogP contribution in [0.3, 0.4) is 0 Å². The third kappa shape index (κ3) is 2.13. The Kier molecular flexibility index (Phi) is 4.52. The van der Waals surface area contributed by atoms with Gasteiger partial charge in [0.1, 0.15) is 17.8 Å². The number of carbonyl (C=O) groups is 1. The summed E-state index contributed by atoms with van der Waals surface area (Å²) in [6.07, 6.45) is 2.18. The van der Waals surface area contributed by atoms with Gasteiger partial charge in [-0.2, -0.15) is 0 Å². The second kappa shape index (κ2) is 6.02. The molecule has 0 aromatic heterocycles. The van der Waals surface area contributed by atoms with Crippen LogP contribution in [0.5, 0.6) is 0 Å². The lowest BCUT2D eigenvalue weighted by Crippen LogP contribution is -2.65. The Morgan fingerprint density at radius 3 is 2.44 bits per heavy atom. The molecular weight excluding hydrogens is 320 g/mol. The fourth-order valence-corrected chi connectivity index (χ4v) is 5.72. The van der Waals surface area contributed by atoms with E-state index in [0.29, 0.717) is 11.5 Å². The highest BCUT2D eigenvalue weighted by molar-refractivity contribution is 5.94. The first-order valence-electron chi connectivity index (χ1n) is 9.30. The number of ketones is 1. The number of allylic oxidation sites excluding steroid dienone is 1. The fraction of sp³-hybridized carbons (Fsp3) is 0.750. The van der Waals surface area contributed by atoms with Gasteiger partial charge in [-0.05, 0) is 42.2 Å². The van der Waals surface area contributed by atoms with Gasteiger partial charge in [0, 0.05) is 5.92 Å². The molecule has 3 aliphatic carbocycles. The largest absolute Gasteiger partial charge is 0.392 e. The summed E-state index contributed by atoms with van der Waals surface area (Å²) in [5.74, 6) is -0.526. The number of hydrogen-bond acceptors (Lipinski definition) is 5. The zero-order chi connectivity index (χ0) is 18.7. The average Bonchev–Trinajstić information content (AvgIpc) is 2.72. The highest BCUT2D eigenvalue weighted by Crippen LogP contribution is 2.60. The molecule has 25 heavy (non-hydrogen) atoms. The van der Waals surface area contributed by atoms with Crippen molar-refractivity contribution in [1.29, 1.82) is 0 Å². The summed E-state index contributed by atoms with van der Waals surface area (Å²) in [6, 6.07) is 0. The number of carbonyl (C=O) groups excluding carboxylic acids is 1.